The summed E-state index contributed by atoms with van der Waals surface area (Å²) < 4.78 is 0. The number of hydrogen-bond donors (Lipinski definition) is 0. The van der Waals surface area contributed by atoms with Crippen LogP contribution in [0.4, 0.5) is 0 Å². The Hall–Kier alpha value is -1.91. The standard InChI is InChI=1S/C15H19N3O2/c1-11(12-5-7-16-8-6-12)18-10-14(19)17-9-3-2-4-13(17)15(18)20/h5-8,11,13H,2-4,9-10H2,1H3. The van der Waals surface area contributed by atoms with E-state index in [4.69, 9.17) is 0 Å². The fraction of sp³-hybridized carbons (Fsp3) is 0.533. The fourth-order valence-electron chi connectivity index (χ4n) is 3.14. The summed E-state index contributed by atoms with van der Waals surface area (Å²) in [6.07, 6.45) is 6.27. The minimum absolute atomic E-state index is 0.0789. The first-order chi connectivity index (χ1) is 9.68. The number of fused-ring (bicyclic) bond motifs is 1. The van der Waals surface area contributed by atoms with E-state index in [1.54, 1.807) is 22.2 Å². The quantitative estimate of drug-likeness (QED) is 0.817. The molecule has 0 spiro atoms. The Labute approximate surface area is 118 Å². The lowest BCUT2D eigenvalue weighted by Crippen LogP contribution is -2.61. The lowest BCUT2D eigenvalue weighted by atomic mass is 9.96. The third kappa shape index (κ3) is 2.17. The van der Waals surface area contributed by atoms with E-state index in [1.165, 1.54) is 0 Å². The molecule has 3 rings (SSSR count). The molecule has 2 fully saturated rings. The molecule has 106 valence electrons. The van der Waals surface area contributed by atoms with Gasteiger partial charge in [0.05, 0.1) is 6.04 Å². The number of carbonyl (C=O) groups is 2. The smallest absolute Gasteiger partial charge is 0.246 e. The Morgan fingerprint density at radius 1 is 1.25 bits per heavy atom. The molecule has 0 bridgehead atoms. The molecule has 2 unspecified atom stereocenters. The van der Waals surface area contributed by atoms with E-state index in [2.05, 4.69) is 4.98 Å². The molecule has 0 radical (unpaired) electrons. The molecule has 2 aliphatic heterocycles. The summed E-state index contributed by atoms with van der Waals surface area (Å²) in [6.45, 7) is 2.89. The first-order valence-corrected chi connectivity index (χ1v) is 7.18. The molecular weight excluding hydrogens is 254 g/mol. The molecule has 0 saturated carbocycles. The third-order valence-electron chi connectivity index (χ3n) is 4.35. The van der Waals surface area contributed by atoms with Crippen LogP contribution < -0.4 is 0 Å². The predicted molar refractivity (Wildman–Crippen MR) is 73.7 cm³/mol. The molecule has 1 aromatic rings. The zero-order valence-electron chi connectivity index (χ0n) is 11.7. The highest BCUT2D eigenvalue weighted by molar-refractivity contribution is 5.95. The number of rotatable bonds is 2. The van der Waals surface area contributed by atoms with E-state index in [0.29, 0.717) is 0 Å². The first-order valence-electron chi connectivity index (χ1n) is 7.18. The molecule has 3 heterocycles. The van der Waals surface area contributed by atoms with Crippen LogP contribution in [-0.2, 0) is 9.59 Å². The Morgan fingerprint density at radius 2 is 2.00 bits per heavy atom. The molecule has 0 aliphatic carbocycles. The molecule has 2 saturated heterocycles. The van der Waals surface area contributed by atoms with Crippen LogP contribution in [0.1, 0.15) is 37.8 Å². The number of nitrogens with zero attached hydrogens (tertiary/aromatic N) is 3. The molecule has 2 atom stereocenters. The van der Waals surface area contributed by atoms with Crippen molar-refractivity contribution in [3.05, 3.63) is 30.1 Å². The van der Waals surface area contributed by atoms with E-state index in [9.17, 15) is 9.59 Å². The summed E-state index contributed by atoms with van der Waals surface area (Å²) in [5.41, 5.74) is 1.02. The van der Waals surface area contributed by atoms with Gasteiger partial charge in [-0.3, -0.25) is 14.6 Å². The van der Waals surface area contributed by atoms with E-state index in [-0.39, 0.29) is 30.4 Å². The average Bonchev–Trinajstić information content (AvgIpc) is 2.51. The largest absolute Gasteiger partial charge is 0.329 e. The fourth-order valence-corrected chi connectivity index (χ4v) is 3.14. The van der Waals surface area contributed by atoms with Gasteiger partial charge in [-0.2, -0.15) is 0 Å². The van der Waals surface area contributed by atoms with Crippen molar-refractivity contribution in [3.8, 4) is 0 Å². The van der Waals surface area contributed by atoms with Crippen LogP contribution in [-0.4, -0.2) is 45.7 Å². The van der Waals surface area contributed by atoms with Crippen molar-refractivity contribution in [2.75, 3.05) is 13.1 Å². The van der Waals surface area contributed by atoms with Gasteiger partial charge < -0.3 is 9.80 Å². The molecule has 5 heteroatoms. The number of aromatic nitrogens is 1. The normalized spacial score (nSPS) is 24.6. The zero-order valence-corrected chi connectivity index (χ0v) is 11.7. The van der Waals surface area contributed by atoms with Crippen LogP contribution in [0.15, 0.2) is 24.5 Å². The number of piperazine rings is 1. The third-order valence-corrected chi connectivity index (χ3v) is 4.35. The predicted octanol–water partition coefficient (Wildman–Crippen LogP) is 1.37. The first kappa shape index (κ1) is 13.1. The van der Waals surface area contributed by atoms with Gasteiger partial charge in [0, 0.05) is 18.9 Å². The molecule has 2 aliphatic rings. The van der Waals surface area contributed by atoms with Crippen molar-refractivity contribution in [1.29, 1.82) is 0 Å². The van der Waals surface area contributed by atoms with Crippen molar-refractivity contribution in [3.63, 3.8) is 0 Å². The number of piperidine rings is 1. The van der Waals surface area contributed by atoms with Crippen molar-refractivity contribution in [2.24, 2.45) is 0 Å². The van der Waals surface area contributed by atoms with E-state index in [1.807, 2.05) is 19.1 Å². The molecule has 1 aromatic heterocycles. The second-order valence-corrected chi connectivity index (χ2v) is 5.52. The van der Waals surface area contributed by atoms with E-state index < -0.39 is 0 Å². The topological polar surface area (TPSA) is 53.5 Å². The average molecular weight is 273 g/mol. The highest BCUT2D eigenvalue weighted by atomic mass is 16.2. The zero-order chi connectivity index (χ0) is 14.1. The monoisotopic (exact) mass is 273 g/mol. The van der Waals surface area contributed by atoms with Gasteiger partial charge in [-0.1, -0.05) is 0 Å². The van der Waals surface area contributed by atoms with Crippen molar-refractivity contribution in [1.82, 2.24) is 14.8 Å². The Kier molecular flexibility index (Phi) is 3.42. The second kappa shape index (κ2) is 5.23. The Morgan fingerprint density at radius 3 is 2.75 bits per heavy atom. The number of amides is 2. The van der Waals surface area contributed by atoms with Gasteiger partial charge in [-0.05, 0) is 43.9 Å². The SMILES string of the molecule is CC(c1ccncc1)N1CC(=O)N2CCCCC2C1=O. The molecular formula is C15H19N3O2. The van der Waals surface area contributed by atoms with Crippen LogP contribution in [0, 0.1) is 0 Å². The van der Waals surface area contributed by atoms with Crippen molar-refractivity contribution < 1.29 is 9.59 Å². The van der Waals surface area contributed by atoms with Gasteiger partial charge in [0.2, 0.25) is 11.8 Å². The Balaban J connectivity index is 1.83. The lowest BCUT2D eigenvalue weighted by Gasteiger charge is -2.44. The van der Waals surface area contributed by atoms with Gasteiger partial charge in [-0.25, -0.2) is 0 Å². The molecule has 0 N–H and O–H groups in total. The lowest BCUT2D eigenvalue weighted by molar-refractivity contribution is -0.159. The maximum absolute atomic E-state index is 12.6. The van der Waals surface area contributed by atoms with Crippen LogP contribution in [0.3, 0.4) is 0 Å². The maximum Gasteiger partial charge on any atom is 0.246 e. The van der Waals surface area contributed by atoms with Gasteiger partial charge >= 0.3 is 0 Å². The van der Waals surface area contributed by atoms with Gasteiger partial charge in [0.25, 0.3) is 0 Å². The summed E-state index contributed by atoms with van der Waals surface area (Å²) >= 11 is 0. The summed E-state index contributed by atoms with van der Waals surface area (Å²) in [5, 5.41) is 0. The van der Waals surface area contributed by atoms with E-state index >= 15 is 0 Å². The number of carbonyl (C=O) groups excluding carboxylic acids is 2. The minimum atomic E-state index is -0.241. The van der Waals surface area contributed by atoms with Crippen LogP contribution in [0.2, 0.25) is 0 Å². The highest BCUT2D eigenvalue weighted by Crippen LogP contribution is 2.28. The summed E-state index contributed by atoms with van der Waals surface area (Å²) in [5.74, 6) is 0.170. The molecule has 5 nitrogen and oxygen atoms in total. The van der Waals surface area contributed by atoms with Crippen molar-refractivity contribution in [2.45, 2.75) is 38.3 Å². The summed E-state index contributed by atoms with van der Waals surface area (Å²) in [6, 6.07) is 3.47. The number of pyridine rings is 1. The molecule has 20 heavy (non-hydrogen) atoms. The van der Waals surface area contributed by atoms with Crippen molar-refractivity contribution >= 4 is 11.8 Å². The van der Waals surface area contributed by atoms with Crippen LogP contribution >= 0.6 is 0 Å². The van der Waals surface area contributed by atoms with Crippen LogP contribution in [0.5, 0.6) is 0 Å². The molecule has 0 aromatic carbocycles. The van der Waals surface area contributed by atoms with Gasteiger partial charge in [-0.15, -0.1) is 0 Å². The summed E-state index contributed by atoms with van der Waals surface area (Å²) in [7, 11) is 0. The Bertz CT molecular complexity index is 517. The maximum atomic E-state index is 12.6. The van der Waals surface area contributed by atoms with E-state index in [0.717, 1.165) is 31.4 Å². The van der Waals surface area contributed by atoms with Crippen LogP contribution in [0.25, 0.3) is 0 Å². The minimum Gasteiger partial charge on any atom is -0.329 e. The number of hydrogen-bond acceptors (Lipinski definition) is 3. The summed E-state index contributed by atoms with van der Waals surface area (Å²) in [4.78, 5) is 32.3. The van der Waals surface area contributed by atoms with Gasteiger partial charge in [0.1, 0.15) is 12.6 Å². The van der Waals surface area contributed by atoms with Gasteiger partial charge in [0.15, 0.2) is 0 Å². The second-order valence-electron chi connectivity index (χ2n) is 5.52. The highest BCUT2D eigenvalue weighted by Gasteiger charge is 2.41. The molecule has 2 amide bonds.